The molecule has 0 bridgehead atoms. The zero-order valence-electron chi connectivity index (χ0n) is 18.5. The summed E-state index contributed by atoms with van der Waals surface area (Å²) in [5.74, 6) is -0.127. The van der Waals surface area contributed by atoms with Crippen molar-refractivity contribution in [2.75, 3.05) is 17.2 Å². The lowest BCUT2D eigenvalue weighted by molar-refractivity contribution is -0.251. The summed E-state index contributed by atoms with van der Waals surface area (Å²) in [4.78, 5) is 30.7. The normalized spacial score (nSPS) is 13.3. The first-order chi connectivity index (χ1) is 17.0. The molecular formula is C25H21N6O4-. The van der Waals surface area contributed by atoms with Crippen molar-refractivity contribution in [3.05, 3.63) is 78.1 Å². The van der Waals surface area contributed by atoms with Crippen LogP contribution in [0, 0.1) is 0 Å². The van der Waals surface area contributed by atoms with E-state index in [1.165, 1.54) is 0 Å². The maximum atomic E-state index is 13.6. The van der Waals surface area contributed by atoms with Crippen LogP contribution < -0.4 is 21.1 Å². The standard InChI is InChI=1S/C25H22N6O4/c26-24-30-29-22(35-24)19-13-17(16-6-9-27-10-7-16)14-21-18(19)8-11-31(21)23(32)20(28-25(33)34)12-15-4-2-1-3-5-15/h1-7,9-10,13-14,20,28H,8,11-12H2,(H2,26,30)(H,33,34)/p-1/t20-/m0/s1. The number of carboxylic acid groups (broad SMARTS) is 1. The Morgan fingerprint density at radius 1 is 1.09 bits per heavy atom. The second-order valence-corrected chi connectivity index (χ2v) is 8.12. The van der Waals surface area contributed by atoms with Gasteiger partial charge in [-0.25, -0.2) is 0 Å². The van der Waals surface area contributed by atoms with Gasteiger partial charge in [-0.2, -0.15) is 0 Å². The van der Waals surface area contributed by atoms with Gasteiger partial charge in [0.05, 0.1) is 0 Å². The van der Waals surface area contributed by atoms with Crippen molar-refractivity contribution >= 4 is 23.7 Å². The van der Waals surface area contributed by atoms with Crippen molar-refractivity contribution < 1.29 is 19.1 Å². The van der Waals surface area contributed by atoms with E-state index in [9.17, 15) is 14.7 Å². The van der Waals surface area contributed by atoms with Crippen LogP contribution in [0.2, 0.25) is 0 Å². The maximum absolute atomic E-state index is 13.6. The van der Waals surface area contributed by atoms with Crippen molar-refractivity contribution in [3.8, 4) is 22.6 Å². The topological polar surface area (TPSA) is 150 Å². The van der Waals surface area contributed by atoms with Crippen LogP contribution in [0.3, 0.4) is 0 Å². The van der Waals surface area contributed by atoms with E-state index in [1.807, 2.05) is 54.6 Å². The van der Waals surface area contributed by atoms with Gasteiger partial charge in [-0.3, -0.25) is 9.78 Å². The van der Waals surface area contributed by atoms with Crippen LogP contribution in [0.4, 0.5) is 16.5 Å². The molecule has 10 heteroatoms. The molecule has 4 aromatic rings. The Bertz CT molecular complexity index is 1370. The van der Waals surface area contributed by atoms with Crippen LogP contribution in [0.5, 0.6) is 0 Å². The number of nitrogen functional groups attached to an aromatic ring is 1. The highest BCUT2D eigenvalue weighted by atomic mass is 16.4. The Labute approximate surface area is 200 Å². The number of aromatic nitrogens is 3. The molecule has 2 aromatic heterocycles. The van der Waals surface area contributed by atoms with Crippen LogP contribution in [0.25, 0.3) is 22.6 Å². The third-order valence-corrected chi connectivity index (χ3v) is 5.93. The van der Waals surface area contributed by atoms with Crippen LogP contribution in [0.1, 0.15) is 11.1 Å². The summed E-state index contributed by atoms with van der Waals surface area (Å²) in [5.41, 5.74) is 10.3. The minimum Gasteiger partial charge on any atom is -0.530 e. The Balaban J connectivity index is 1.57. The number of anilines is 2. The smallest absolute Gasteiger partial charge is 0.313 e. The number of pyridine rings is 1. The SMILES string of the molecule is Nc1nnc(-c2cc(-c3ccncc3)cc3c2CCN3C(=O)[C@H](Cc2ccccc2)NC(=O)[O-])o1. The van der Waals surface area contributed by atoms with Crippen molar-refractivity contribution in [2.45, 2.75) is 18.9 Å². The number of nitrogens with one attached hydrogen (secondary N) is 1. The number of rotatable bonds is 6. The highest BCUT2D eigenvalue weighted by Gasteiger charge is 2.33. The van der Waals surface area contributed by atoms with E-state index in [1.54, 1.807) is 17.3 Å². The molecule has 10 nitrogen and oxygen atoms in total. The van der Waals surface area contributed by atoms with E-state index in [0.717, 1.165) is 22.3 Å². The number of benzene rings is 2. The number of amides is 2. The molecule has 1 atom stereocenters. The summed E-state index contributed by atoms with van der Waals surface area (Å²) in [5, 5.41) is 21.5. The summed E-state index contributed by atoms with van der Waals surface area (Å²) in [7, 11) is 0. The summed E-state index contributed by atoms with van der Waals surface area (Å²) >= 11 is 0. The van der Waals surface area contributed by atoms with Crippen molar-refractivity contribution in [3.63, 3.8) is 0 Å². The average molecular weight is 469 g/mol. The van der Waals surface area contributed by atoms with Gasteiger partial charge in [-0.05, 0) is 52.9 Å². The molecule has 0 unspecified atom stereocenters. The predicted molar refractivity (Wildman–Crippen MR) is 126 cm³/mol. The fourth-order valence-electron chi connectivity index (χ4n) is 4.36. The molecule has 35 heavy (non-hydrogen) atoms. The van der Waals surface area contributed by atoms with Crippen molar-refractivity contribution in [2.24, 2.45) is 0 Å². The number of nitrogens with zero attached hydrogens (tertiary/aromatic N) is 4. The third-order valence-electron chi connectivity index (χ3n) is 5.93. The quantitative estimate of drug-likeness (QED) is 0.434. The van der Waals surface area contributed by atoms with E-state index >= 15 is 0 Å². The average Bonchev–Trinajstić information content (AvgIpc) is 3.50. The summed E-state index contributed by atoms with van der Waals surface area (Å²) < 4.78 is 5.50. The van der Waals surface area contributed by atoms with Gasteiger partial charge in [0.2, 0.25) is 11.8 Å². The molecular weight excluding hydrogens is 448 g/mol. The van der Waals surface area contributed by atoms with Gasteiger partial charge in [-0.15, -0.1) is 5.10 Å². The Morgan fingerprint density at radius 2 is 1.86 bits per heavy atom. The molecule has 2 aromatic carbocycles. The minimum atomic E-state index is -1.51. The second-order valence-electron chi connectivity index (χ2n) is 8.12. The number of hydrogen-bond donors (Lipinski definition) is 2. The van der Waals surface area contributed by atoms with Gasteiger partial charge >= 0.3 is 6.01 Å². The van der Waals surface area contributed by atoms with Crippen LogP contribution in [0.15, 0.2) is 71.4 Å². The van der Waals surface area contributed by atoms with E-state index in [-0.39, 0.29) is 24.2 Å². The Morgan fingerprint density at radius 3 is 2.54 bits per heavy atom. The van der Waals surface area contributed by atoms with Crippen molar-refractivity contribution in [1.29, 1.82) is 0 Å². The van der Waals surface area contributed by atoms with E-state index in [4.69, 9.17) is 10.2 Å². The Hall–Kier alpha value is -4.73. The summed E-state index contributed by atoms with van der Waals surface area (Å²) in [6.07, 6.45) is 2.56. The monoisotopic (exact) mass is 469 g/mol. The Kier molecular flexibility index (Phi) is 5.84. The van der Waals surface area contributed by atoms with E-state index < -0.39 is 12.1 Å². The van der Waals surface area contributed by atoms with Gasteiger partial charge in [0.15, 0.2) is 0 Å². The molecule has 3 heterocycles. The zero-order valence-corrected chi connectivity index (χ0v) is 18.5. The lowest BCUT2D eigenvalue weighted by Gasteiger charge is -2.26. The molecule has 0 radical (unpaired) electrons. The molecule has 0 spiro atoms. The van der Waals surface area contributed by atoms with Crippen LogP contribution >= 0.6 is 0 Å². The van der Waals surface area contributed by atoms with Crippen LogP contribution in [-0.2, 0) is 17.6 Å². The molecule has 0 aliphatic carbocycles. The first-order valence-corrected chi connectivity index (χ1v) is 11.0. The first-order valence-electron chi connectivity index (χ1n) is 11.0. The minimum absolute atomic E-state index is 0.0601. The van der Waals surface area contributed by atoms with Crippen LogP contribution in [-0.4, -0.2) is 39.8 Å². The van der Waals surface area contributed by atoms with Gasteiger partial charge < -0.3 is 30.3 Å². The van der Waals surface area contributed by atoms with Gasteiger partial charge in [-0.1, -0.05) is 35.4 Å². The molecule has 0 saturated carbocycles. The highest BCUT2D eigenvalue weighted by Crippen LogP contribution is 2.40. The van der Waals surface area contributed by atoms with Gasteiger partial charge in [0, 0.05) is 36.6 Å². The second kappa shape index (κ2) is 9.26. The van der Waals surface area contributed by atoms with Gasteiger partial charge in [0.25, 0.3) is 0 Å². The molecule has 176 valence electrons. The summed E-state index contributed by atoms with van der Waals surface area (Å²) in [6.45, 7) is 0.366. The number of fused-ring (bicyclic) bond motifs is 1. The fraction of sp³-hybridized carbons (Fsp3) is 0.160. The molecule has 1 aliphatic rings. The number of carbonyl (C=O) groups is 2. The third kappa shape index (κ3) is 4.54. The lowest BCUT2D eigenvalue weighted by atomic mass is 9.97. The largest absolute Gasteiger partial charge is 0.530 e. The molecule has 5 rings (SSSR count). The predicted octanol–water partition coefficient (Wildman–Crippen LogP) is 1.81. The fourth-order valence-corrected chi connectivity index (χ4v) is 4.36. The number of carbonyl (C=O) groups excluding carboxylic acids is 2. The highest BCUT2D eigenvalue weighted by molar-refractivity contribution is 6.02. The van der Waals surface area contributed by atoms with Crippen molar-refractivity contribution in [1.82, 2.24) is 20.5 Å². The molecule has 0 fully saturated rings. The maximum Gasteiger partial charge on any atom is 0.313 e. The summed E-state index contributed by atoms with van der Waals surface area (Å²) in [6, 6.07) is 15.7. The molecule has 1 aliphatic heterocycles. The molecule has 3 N–H and O–H groups in total. The molecule has 2 amide bonds. The first kappa shape index (κ1) is 22.1. The lowest BCUT2D eigenvalue weighted by Crippen LogP contribution is -2.53. The number of nitrogens with two attached hydrogens (primary N) is 1. The zero-order chi connectivity index (χ0) is 24.4. The molecule has 0 saturated heterocycles. The van der Waals surface area contributed by atoms with E-state index in [0.29, 0.717) is 24.2 Å². The van der Waals surface area contributed by atoms with Gasteiger partial charge in [0.1, 0.15) is 12.1 Å². The van der Waals surface area contributed by atoms with E-state index in [2.05, 4.69) is 20.5 Å². The number of hydrogen-bond acceptors (Lipinski definition) is 8.